The average Bonchev–Trinajstić information content (AvgIpc) is 2.50. The van der Waals surface area contributed by atoms with Crippen LogP contribution in [0.4, 0.5) is 5.69 Å². The van der Waals surface area contributed by atoms with Gasteiger partial charge in [0, 0.05) is 0 Å². The number of rotatable bonds is 5. The molecule has 2 aromatic rings. The summed E-state index contributed by atoms with van der Waals surface area (Å²) in [5.74, 6) is -1.24. The second-order valence-corrected chi connectivity index (χ2v) is 6.90. The molecule has 0 bridgehead atoms. The molecule has 0 radical (unpaired) electrons. The number of ether oxygens (including phenoxy) is 1. The van der Waals surface area contributed by atoms with Crippen LogP contribution in [0.2, 0.25) is 10.0 Å². The van der Waals surface area contributed by atoms with Gasteiger partial charge in [-0.15, -0.1) is 0 Å². The number of nitrogens with one attached hydrogen (secondary N) is 1. The molecule has 122 valence electrons. The van der Waals surface area contributed by atoms with Crippen LogP contribution in [0.3, 0.4) is 0 Å². The van der Waals surface area contributed by atoms with Crippen LogP contribution >= 0.6 is 23.2 Å². The van der Waals surface area contributed by atoms with Crippen molar-refractivity contribution in [3.05, 3.63) is 52.0 Å². The van der Waals surface area contributed by atoms with Gasteiger partial charge in [0.2, 0.25) is 0 Å². The van der Waals surface area contributed by atoms with Crippen molar-refractivity contribution in [3.63, 3.8) is 0 Å². The molecule has 0 fully saturated rings. The zero-order valence-electron chi connectivity index (χ0n) is 11.7. The van der Waals surface area contributed by atoms with E-state index in [0.717, 1.165) is 6.07 Å². The van der Waals surface area contributed by atoms with Crippen LogP contribution in [0.15, 0.2) is 41.3 Å². The lowest BCUT2D eigenvalue weighted by Crippen LogP contribution is -2.14. The number of carboxylic acid groups (broad SMARTS) is 1. The first-order valence-electron chi connectivity index (χ1n) is 6.14. The molecule has 0 atom stereocenters. The number of hydrogen-bond acceptors (Lipinski definition) is 4. The Hall–Kier alpha value is -1.96. The highest BCUT2D eigenvalue weighted by molar-refractivity contribution is 7.92. The summed E-state index contributed by atoms with van der Waals surface area (Å²) in [5, 5.41) is 9.59. The fraction of sp³-hybridized carbons (Fsp3) is 0.0714. The first-order chi connectivity index (χ1) is 10.7. The molecule has 23 heavy (non-hydrogen) atoms. The zero-order valence-corrected chi connectivity index (χ0v) is 14.0. The van der Waals surface area contributed by atoms with E-state index < -0.39 is 16.0 Å². The Balaban J connectivity index is 2.41. The average molecular weight is 376 g/mol. The first-order valence-corrected chi connectivity index (χ1v) is 8.37. The van der Waals surface area contributed by atoms with Crippen LogP contribution in [0.25, 0.3) is 0 Å². The first kappa shape index (κ1) is 17.4. The molecule has 2 rings (SSSR count). The van der Waals surface area contributed by atoms with E-state index in [1.807, 2.05) is 0 Å². The number of carboxylic acids is 1. The van der Waals surface area contributed by atoms with Gasteiger partial charge in [-0.1, -0.05) is 23.2 Å². The molecule has 0 amide bonds. The lowest BCUT2D eigenvalue weighted by Gasteiger charge is -2.11. The molecule has 2 aromatic carbocycles. The van der Waals surface area contributed by atoms with Crippen LogP contribution in [0.1, 0.15) is 10.4 Å². The summed E-state index contributed by atoms with van der Waals surface area (Å²) in [7, 11) is -2.70. The highest BCUT2D eigenvalue weighted by atomic mass is 35.5. The van der Waals surface area contributed by atoms with Crippen LogP contribution in [0, 0.1) is 0 Å². The van der Waals surface area contributed by atoms with Gasteiger partial charge in [0.25, 0.3) is 10.0 Å². The third kappa shape index (κ3) is 3.87. The van der Waals surface area contributed by atoms with Crippen molar-refractivity contribution >= 4 is 44.9 Å². The van der Waals surface area contributed by atoms with Gasteiger partial charge in [-0.2, -0.15) is 0 Å². The second kappa shape index (κ2) is 6.66. The third-order valence-electron chi connectivity index (χ3n) is 2.88. The van der Waals surface area contributed by atoms with Crippen molar-refractivity contribution < 1.29 is 23.1 Å². The molecular weight excluding hydrogens is 365 g/mol. The van der Waals surface area contributed by atoms with Crippen molar-refractivity contribution in [2.24, 2.45) is 0 Å². The van der Waals surface area contributed by atoms with Gasteiger partial charge in [-0.25, -0.2) is 13.2 Å². The van der Waals surface area contributed by atoms with Gasteiger partial charge in [-0.05, 0) is 36.4 Å². The summed E-state index contributed by atoms with van der Waals surface area (Å²) in [6, 6.07) is 7.76. The van der Waals surface area contributed by atoms with Crippen LogP contribution in [-0.2, 0) is 10.0 Å². The van der Waals surface area contributed by atoms with Crippen molar-refractivity contribution in [1.29, 1.82) is 0 Å². The lowest BCUT2D eigenvalue weighted by atomic mass is 10.2. The fourth-order valence-electron chi connectivity index (χ4n) is 1.80. The molecule has 0 aliphatic rings. The van der Waals surface area contributed by atoms with Crippen molar-refractivity contribution in [1.82, 2.24) is 0 Å². The van der Waals surface area contributed by atoms with Gasteiger partial charge in [0.1, 0.15) is 11.3 Å². The predicted octanol–water partition coefficient (Wildman–Crippen LogP) is 3.50. The number of anilines is 1. The van der Waals surface area contributed by atoms with Crippen LogP contribution < -0.4 is 9.46 Å². The number of halogens is 2. The smallest absolute Gasteiger partial charge is 0.339 e. The summed E-state index contributed by atoms with van der Waals surface area (Å²) in [4.78, 5) is 11.0. The van der Waals surface area contributed by atoms with E-state index in [-0.39, 0.29) is 31.9 Å². The Bertz CT molecular complexity index is 867. The standard InChI is InChI=1S/C14H11Cl2NO5S/c1-22-13-5-3-9(7-10(13)14(18)19)23(20,21)17-8-2-4-11(15)12(16)6-8/h2-7,17H,1H3,(H,18,19). The van der Waals surface area contributed by atoms with E-state index in [4.69, 9.17) is 33.0 Å². The zero-order chi connectivity index (χ0) is 17.2. The van der Waals surface area contributed by atoms with E-state index in [9.17, 15) is 13.2 Å². The molecule has 6 nitrogen and oxygen atoms in total. The number of carbonyl (C=O) groups is 1. The summed E-state index contributed by atoms with van der Waals surface area (Å²) in [5.41, 5.74) is -0.0587. The van der Waals surface area contributed by atoms with Gasteiger partial charge in [0.05, 0.1) is 27.7 Å². The maximum absolute atomic E-state index is 12.4. The quantitative estimate of drug-likeness (QED) is 0.833. The van der Waals surface area contributed by atoms with Crippen molar-refractivity contribution in [2.45, 2.75) is 4.90 Å². The highest BCUT2D eigenvalue weighted by Gasteiger charge is 2.20. The molecule has 0 saturated carbocycles. The number of benzene rings is 2. The number of sulfonamides is 1. The predicted molar refractivity (Wildman–Crippen MR) is 87.2 cm³/mol. The minimum Gasteiger partial charge on any atom is -0.496 e. The molecule has 0 heterocycles. The SMILES string of the molecule is COc1ccc(S(=O)(=O)Nc2ccc(Cl)c(Cl)c2)cc1C(=O)O. The molecule has 0 unspecified atom stereocenters. The van der Waals surface area contributed by atoms with E-state index in [0.29, 0.717) is 0 Å². The van der Waals surface area contributed by atoms with Crippen molar-refractivity contribution in [3.8, 4) is 5.75 Å². The second-order valence-electron chi connectivity index (χ2n) is 4.40. The molecule has 0 aliphatic carbocycles. The number of aromatic carboxylic acids is 1. The summed E-state index contributed by atoms with van der Waals surface area (Å²) in [6.45, 7) is 0. The Morgan fingerprint density at radius 1 is 1.13 bits per heavy atom. The van der Waals surface area contributed by atoms with E-state index in [1.165, 1.54) is 37.4 Å². The maximum atomic E-state index is 12.4. The molecular formula is C14H11Cl2NO5S. The molecule has 0 aliphatic heterocycles. The van der Waals surface area contributed by atoms with E-state index in [1.54, 1.807) is 0 Å². The monoisotopic (exact) mass is 375 g/mol. The Labute approximate surface area is 142 Å². The normalized spacial score (nSPS) is 11.1. The minimum absolute atomic E-state index is 0.0611. The van der Waals surface area contributed by atoms with Crippen molar-refractivity contribution in [2.75, 3.05) is 11.8 Å². The Morgan fingerprint density at radius 3 is 2.39 bits per heavy atom. The van der Waals surface area contributed by atoms with Crippen LogP contribution in [0.5, 0.6) is 5.75 Å². The fourth-order valence-corrected chi connectivity index (χ4v) is 3.17. The van der Waals surface area contributed by atoms with Gasteiger partial charge >= 0.3 is 5.97 Å². The van der Waals surface area contributed by atoms with E-state index in [2.05, 4.69) is 4.72 Å². The molecule has 0 spiro atoms. The van der Waals surface area contributed by atoms with Crippen LogP contribution in [-0.4, -0.2) is 26.6 Å². The van der Waals surface area contributed by atoms with Gasteiger partial charge in [-0.3, -0.25) is 4.72 Å². The summed E-state index contributed by atoms with van der Waals surface area (Å²) >= 11 is 11.6. The molecule has 0 aromatic heterocycles. The molecule has 2 N–H and O–H groups in total. The molecule has 9 heteroatoms. The summed E-state index contributed by atoms with van der Waals surface area (Å²) < 4.78 is 31.9. The third-order valence-corrected chi connectivity index (χ3v) is 5.00. The number of methoxy groups -OCH3 is 1. The number of hydrogen-bond donors (Lipinski definition) is 2. The molecule has 0 saturated heterocycles. The summed E-state index contributed by atoms with van der Waals surface area (Å²) in [6.07, 6.45) is 0. The topological polar surface area (TPSA) is 92.7 Å². The van der Waals surface area contributed by atoms with Gasteiger partial charge in [0.15, 0.2) is 0 Å². The highest BCUT2D eigenvalue weighted by Crippen LogP contribution is 2.28. The van der Waals surface area contributed by atoms with Gasteiger partial charge < -0.3 is 9.84 Å². The largest absolute Gasteiger partial charge is 0.496 e. The lowest BCUT2D eigenvalue weighted by molar-refractivity contribution is 0.0693. The Morgan fingerprint density at radius 2 is 1.83 bits per heavy atom. The Kier molecular flexibility index (Phi) is 5.03. The van der Waals surface area contributed by atoms with E-state index >= 15 is 0 Å². The minimum atomic E-state index is -3.99. The maximum Gasteiger partial charge on any atom is 0.339 e.